The topological polar surface area (TPSA) is 46.3 Å². The molecule has 1 aromatic rings. The summed E-state index contributed by atoms with van der Waals surface area (Å²) in [5.41, 5.74) is 7.15. The van der Waals surface area contributed by atoms with Crippen molar-refractivity contribution in [2.45, 2.75) is 29.0 Å². The third-order valence-electron chi connectivity index (χ3n) is 3.46. The average molecular weight is 285 g/mol. The third kappa shape index (κ3) is 2.51. The number of carbonyl (C=O) groups is 1. The van der Waals surface area contributed by atoms with Crippen molar-refractivity contribution in [3.05, 3.63) is 29.8 Å². The van der Waals surface area contributed by atoms with E-state index in [0.29, 0.717) is 0 Å². The van der Waals surface area contributed by atoms with Crippen molar-refractivity contribution in [2.24, 2.45) is 5.73 Å². The minimum atomic E-state index is 0. The maximum absolute atomic E-state index is 12.3. The van der Waals surface area contributed by atoms with Gasteiger partial charge in [-0.15, -0.1) is 24.2 Å². The van der Waals surface area contributed by atoms with Gasteiger partial charge in [-0.2, -0.15) is 0 Å². The lowest BCUT2D eigenvalue weighted by Gasteiger charge is -2.19. The van der Waals surface area contributed by atoms with Crippen molar-refractivity contribution in [1.82, 2.24) is 4.90 Å². The summed E-state index contributed by atoms with van der Waals surface area (Å²) in [6.07, 6.45) is 1.81. The molecular weight excluding hydrogens is 268 g/mol. The van der Waals surface area contributed by atoms with Crippen LogP contribution in [0.4, 0.5) is 0 Å². The largest absolute Gasteiger partial charge is 0.340 e. The van der Waals surface area contributed by atoms with E-state index in [0.717, 1.165) is 25.9 Å². The molecule has 18 heavy (non-hydrogen) atoms. The van der Waals surface area contributed by atoms with Gasteiger partial charge in [0.05, 0.1) is 5.25 Å². The van der Waals surface area contributed by atoms with Crippen LogP contribution in [0.25, 0.3) is 0 Å². The molecule has 1 fully saturated rings. The Morgan fingerprint density at radius 1 is 1.39 bits per heavy atom. The number of benzene rings is 1. The molecule has 1 amide bonds. The first kappa shape index (κ1) is 13.7. The number of likely N-dealkylation sites (tertiary alicyclic amines) is 1. The van der Waals surface area contributed by atoms with Gasteiger partial charge in [0.2, 0.25) is 5.91 Å². The number of hydrogen-bond donors (Lipinski definition) is 1. The van der Waals surface area contributed by atoms with E-state index < -0.39 is 0 Å². The molecule has 2 atom stereocenters. The predicted molar refractivity (Wildman–Crippen MR) is 76.2 cm³/mol. The monoisotopic (exact) mass is 284 g/mol. The highest BCUT2D eigenvalue weighted by Crippen LogP contribution is 2.37. The van der Waals surface area contributed by atoms with Crippen LogP contribution < -0.4 is 5.73 Å². The van der Waals surface area contributed by atoms with Gasteiger partial charge in [0, 0.05) is 24.0 Å². The van der Waals surface area contributed by atoms with Crippen molar-refractivity contribution >= 4 is 30.1 Å². The van der Waals surface area contributed by atoms with Gasteiger partial charge in [0.1, 0.15) is 0 Å². The summed E-state index contributed by atoms with van der Waals surface area (Å²) >= 11 is 1.70. The standard InChI is InChI=1S/C13H16N2OS.ClH/c14-10-5-6-15(8-10)13(16)12-7-9-3-1-2-4-11(9)17-12;/h1-4,10,12H,5-8,14H2;1H/t10-,12?;/m0./s1. The van der Waals surface area contributed by atoms with E-state index in [1.165, 1.54) is 10.5 Å². The van der Waals surface area contributed by atoms with Gasteiger partial charge in [0.25, 0.3) is 0 Å². The highest BCUT2D eigenvalue weighted by Gasteiger charge is 2.33. The molecule has 1 saturated heterocycles. The Morgan fingerprint density at radius 3 is 2.83 bits per heavy atom. The molecule has 3 rings (SSSR count). The summed E-state index contributed by atoms with van der Waals surface area (Å²) in [5, 5.41) is 0.0673. The van der Waals surface area contributed by atoms with Crippen molar-refractivity contribution < 1.29 is 4.79 Å². The maximum Gasteiger partial charge on any atom is 0.236 e. The second-order valence-electron chi connectivity index (χ2n) is 4.75. The number of hydrogen-bond acceptors (Lipinski definition) is 3. The fourth-order valence-electron chi connectivity index (χ4n) is 2.51. The Balaban J connectivity index is 0.00000120. The lowest BCUT2D eigenvalue weighted by atomic mass is 10.1. The zero-order chi connectivity index (χ0) is 11.8. The number of fused-ring (bicyclic) bond motifs is 1. The molecule has 0 bridgehead atoms. The van der Waals surface area contributed by atoms with E-state index in [2.05, 4.69) is 12.1 Å². The fraction of sp³-hybridized carbons (Fsp3) is 0.462. The molecule has 1 unspecified atom stereocenters. The summed E-state index contributed by atoms with van der Waals surface area (Å²) in [6, 6.07) is 8.46. The Morgan fingerprint density at radius 2 is 2.17 bits per heavy atom. The van der Waals surface area contributed by atoms with Crippen LogP contribution >= 0.6 is 24.2 Å². The van der Waals surface area contributed by atoms with E-state index in [9.17, 15) is 4.79 Å². The molecule has 98 valence electrons. The van der Waals surface area contributed by atoms with Gasteiger partial charge in [0.15, 0.2) is 0 Å². The Bertz CT molecular complexity index is 429. The van der Waals surface area contributed by atoms with E-state index >= 15 is 0 Å². The van der Waals surface area contributed by atoms with Crippen LogP contribution in [0.5, 0.6) is 0 Å². The number of carbonyl (C=O) groups excluding carboxylic acids is 1. The van der Waals surface area contributed by atoms with Gasteiger partial charge >= 0.3 is 0 Å². The van der Waals surface area contributed by atoms with Gasteiger partial charge in [-0.05, 0) is 24.5 Å². The third-order valence-corrected chi connectivity index (χ3v) is 4.76. The van der Waals surface area contributed by atoms with E-state index in [1.54, 1.807) is 11.8 Å². The average Bonchev–Trinajstić information content (AvgIpc) is 2.93. The zero-order valence-corrected chi connectivity index (χ0v) is 11.7. The molecule has 0 radical (unpaired) electrons. The van der Waals surface area contributed by atoms with Crippen LogP contribution in [0.3, 0.4) is 0 Å². The molecule has 5 heteroatoms. The van der Waals surface area contributed by atoms with E-state index in [-0.39, 0.29) is 29.6 Å². The number of thioether (sulfide) groups is 1. The van der Waals surface area contributed by atoms with E-state index in [4.69, 9.17) is 5.73 Å². The number of rotatable bonds is 1. The molecule has 0 saturated carbocycles. The fourth-order valence-corrected chi connectivity index (χ4v) is 3.79. The summed E-state index contributed by atoms with van der Waals surface area (Å²) in [5.74, 6) is 0.263. The minimum absolute atomic E-state index is 0. The first-order valence-corrected chi connectivity index (χ1v) is 6.91. The Hall–Kier alpha value is -0.710. The van der Waals surface area contributed by atoms with E-state index in [1.807, 2.05) is 17.0 Å². The molecule has 0 spiro atoms. The molecular formula is C13H17ClN2OS. The molecule has 2 aliphatic heterocycles. The zero-order valence-electron chi connectivity index (χ0n) is 10.0. The molecule has 0 aliphatic carbocycles. The Labute approximate surface area is 118 Å². The van der Waals surface area contributed by atoms with Gasteiger partial charge < -0.3 is 10.6 Å². The molecule has 2 aliphatic rings. The van der Waals surface area contributed by atoms with Crippen LogP contribution in [0.15, 0.2) is 29.2 Å². The summed E-state index contributed by atoms with van der Waals surface area (Å²) in [7, 11) is 0. The predicted octanol–water partition coefficient (Wildman–Crippen LogP) is 1.68. The smallest absolute Gasteiger partial charge is 0.236 e. The lowest BCUT2D eigenvalue weighted by Crippen LogP contribution is -2.37. The van der Waals surface area contributed by atoms with Crippen LogP contribution in [0.1, 0.15) is 12.0 Å². The van der Waals surface area contributed by atoms with Crippen molar-refractivity contribution in [1.29, 1.82) is 0 Å². The highest BCUT2D eigenvalue weighted by atomic mass is 35.5. The Kier molecular flexibility index (Phi) is 4.20. The molecule has 2 N–H and O–H groups in total. The van der Waals surface area contributed by atoms with Crippen LogP contribution in [0.2, 0.25) is 0 Å². The van der Waals surface area contributed by atoms with Crippen LogP contribution in [-0.2, 0) is 11.2 Å². The number of nitrogens with two attached hydrogens (primary N) is 1. The first-order valence-electron chi connectivity index (χ1n) is 6.03. The van der Waals surface area contributed by atoms with Crippen molar-refractivity contribution in [3.8, 4) is 0 Å². The maximum atomic E-state index is 12.3. The second-order valence-corrected chi connectivity index (χ2v) is 6.00. The normalized spacial score (nSPS) is 25.7. The van der Waals surface area contributed by atoms with Gasteiger partial charge in [-0.1, -0.05) is 18.2 Å². The number of halogens is 1. The SMILES string of the molecule is Cl.N[C@H]1CCN(C(=O)C2Cc3ccccc3S2)C1. The number of nitrogens with zero attached hydrogens (tertiary/aromatic N) is 1. The summed E-state index contributed by atoms with van der Waals surface area (Å²) < 4.78 is 0. The van der Waals surface area contributed by atoms with Gasteiger partial charge in [-0.3, -0.25) is 4.79 Å². The van der Waals surface area contributed by atoms with Gasteiger partial charge in [-0.25, -0.2) is 0 Å². The minimum Gasteiger partial charge on any atom is -0.340 e. The second kappa shape index (κ2) is 5.51. The first-order chi connectivity index (χ1) is 8.24. The molecule has 3 nitrogen and oxygen atoms in total. The van der Waals surface area contributed by atoms with Crippen molar-refractivity contribution in [2.75, 3.05) is 13.1 Å². The lowest BCUT2D eigenvalue weighted by molar-refractivity contribution is -0.129. The van der Waals surface area contributed by atoms with Crippen molar-refractivity contribution in [3.63, 3.8) is 0 Å². The summed E-state index contributed by atoms with van der Waals surface area (Å²) in [6.45, 7) is 1.56. The highest BCUT2D eigenvalue weighted by molar-refractivity contribution is 8.01. The molecule has 0 aromatic heterocycles. The van der Waals surface area contributed by atoms with Crippen LogP contribution in [0, 0.1) is 0 Å². The molecule has 2 heterocycles. The quantitative estimate of drug-likeness (QED) is 0.854. The molecule has 1 aromatic carbocycles. The van der Waals surface area contributed by atoms with Crippen LogP contribution in [-0.4, -0.2) is 35.2 Å². The number of amides is 1. The summed E-state index contributed by atoms with van der Waals surface area (Å²) in [4.78, 5) is 15.5.